The lowest BCUT2D eigenvalue weighted by Crippen LogP contribution is -2.22. The first-order valence-corrected chi connectivity index (χ1v) is 8.30. The zero-order valence-corrected chi connectivity index (χ0v) is 14.3. The van der Waals surface area contributed by atoms with Gasteiger partial charge in [0, 0.05) is 21.7 Å². The van der Waals surface area contributed by atoms with Crippen LogP contribution >= 0.6 is 22.9 Å². The van der Waals surface area contributed by atoms with E-state index in [9.17, 15) is 9.59 Å². The van der Waals surface area contributed by atoms with Crippen LogP contribution < -0.4 is 4.87 Å². The molecule has 0 atom stereocenters. The predicted molar refractivity (Wildman–Crippen MR) is 90.1 cm³/mol. The molecule has 0 aliphatic rings. The van der Waals surface area contributed by atoms with E-state index in [-0.39, 0.29) is 23.9 Å². The Morgan fingerprint density at radius 1 is 1.38 bits per heavy atom. The van der Waals surface area contributed by atoms with Crippen LogP contribution in [0.1, 0.15) is 11.6 Å². The van der Waals surface area contributed by atoms with Gasteiger partial charge in [-0.1, -0.05) is 22.9 Å². The van der Waals surface area contributed by atoms with Gasteiger partial charge >= 0.3 is 10.8 Å². The molecular formula is C16H13ClN2O4S. The molecular weight excluding hydrogens is 352 g/mol. The summed E-state index contributed by atoms with van der Waals surface area (Å²) in [6.45, 7) is 1.54. The number of hydrogen-bond donors (Lipinski definition) is 0. The van der Waals surface area contributed by atoms with E-state index in [0.29, 0.717) is 10.8 Å². The molecule has 124 valence electrons. The number of carbonyl (C=O) groups is 1. The number of aryl methyl sites for hydroxylation is 1. The maximum atomic E-state index is 11.8. The summed E-state index contributed by atoms with van der Waals surface area (Å²) in [5.74, 6) is 0.315. The molecule has 0 spiro atoms. The molecule has 0 unspecified atom stereocenters. The number of carbonyl (C=O) groups excluding carboxylic acids is 1. The summed E-state index contributed by atoms with van der Waals surface area (Å²) in [6.07, 6.45) is 1.56. The van der Waals surface area contributed by atoms with E-state index in [2.05, 4.69) is 4.98 Å². The van der Waals surface area contributed by atoms with Crippen molar-refractivity contribution < 1.29 is 13.9 Å². The smallest absolute Gasteiger partial charge is 0.326 e. The molecule has 1 aromatic carbocycles. The number of ether oxygens (including phenoxy) is 1. The van der Waals surface area contributed by atoms with Gasteiger partial charge in [-0.2, -0.15) is 0 Å². The van der Waals surface area contributed by atoms with E-state index in [1.807, 2.05) is 12.1 Å². The maximum Gasteiger partial charge on any atom is 0.326 e. The molecule has 0 aliphatic carbocycles. The van der Waals surface area contributed by atoms with Crippen molar-refractivity contribution in [2.75, 3.05) is 0 Å². The number of hydrogen-bond acceptors (Lipinski definition) is 6. The van der Waals surface area contributed by atoms with Gasteiger partial charge in [-0.3, -0.25) is 14.2 Å². The number of halogens is 1. The number of oxazole rings is 1. The van der Waals surface area contributed by atoms with Crippen molar-refractivity contribution in [2.45, 2.75) is 20.1 Å². The Balaban J connectivity index is 1.60. The Morgan fingerprint density at radius 2 is 2.12 bits per heavy atom. The minimum atomic E-state index is -0.523. The summed E-state index contributed by atoms with van der Waals surface area (Å²) in [6, 6.07) is 7.12. The van der Waals surface area contributed by atoms with Gasteiger partial charge in [-0.25, -0.2) is 4.98 Å². The molecule has 3 rings (SSSR count). The number of esters is 1. The zero-order chi connectivity index (χ0) is 17.1. The predicted octanol–water partition coefficient (Wildman–Crippen LogP) is 3.27. The summed E-state index contributed by atoms with van der Waals surface area (Å²) >= 11 is 6.89. The van der Waals surface area contributed by atoms with E-state index in [4.69, 9.17) is 20.8 Å². The van der Waals surface area contributed by atoms with Crippen molar-refractivity contribution in [1.82, 2.24) is 9.55 Å². The van der Waals surface area contributed by atoms with Crippen LogP contribution in [0.3, 0.4) is 0 Å². The quantitative estimate of drug-likeness (QED) is 0.649. The third kappa shape index (κ3) is 3.74. The molecule has 24 heavy (non-hydrogen) atoms. The second kappa shape index (κ2) is 7.02. The Kier molecular flexibility index (Phi) is 4.82. The van der Waals surface area contributed by atoms with Crippen LogP contribution in [0.4, 0.5) is 0 Å². The van der Waals surface area contributed by atoms with Crippen LogP contribution in [0.5, 0.6) is 0 Å². The molecule has 0 fully saturated rings. The monoisotopic (exact) mass is 364 g/mol. The molecule has 0 N–H and O–H groups in total. The van der Waals surface area contributed by atoms with Gasteiger partial charge in [0.1, 0.15) is 6.54 Å². The van der Waals surface area contributed by atoms with Gasteiger partial charge in [0.2, 0.25) is 5.89 Å². The normalized spacial score (nSPS) is 10.8. The summed E-state index contributed by atoms with van der Waals surface area (Å²) < 4.78 is 12.0. The fraction of sp³-hybridized carbons (Fsp3) is 0.188. The molecule has 0 amide bonds. The Labute approximate surface area is 146 Å². The van der Waals surface area contributed by atoms with Crippen LogP contribution in [0, 0.1) is 6.92 Å². The van der Waals surface area contributed by atoms with Gasteiger partial charge in [-0.15, -0.1) is 0 Å². The standard InChI is InChI=1S/C16H13ClN2O4S/c1-10-9-24-16(21)19(10)7-15(20)22-8-14-18-6-13(23-14)11-2-4-12(17)5-3-11/h2-6,9H,7-8H2,1H3. The van der Waals surface area contributed by atoms with E-state index in [0.717, 1.165) is 22.6 Å². The highest BCUT2D eigenvalue weighted by molar-refractivity contribution is 7.07. The molecule has 0 radical (unpaired) electrons. The average molecular weight is 365 g/mol. The first kappa shape index (κ1) is 16.5. The minimum absolute atomic E-state index is 0.0929. The number of rotatable bonds is 5. The topological polar surface area (TPSA) is 74.3 Å². The van der Waals surface area contributed by atoms with Crippen molar-refractivity contribution in [3.63, 3.8) is 0 Å². The molecule has 2 aromatic heterocycles. The highest BCUT2D eigenvalue weighted by Gasteiger charge is 2.12. The molecule has 3 aromatic rings. The Bertz CT molecular complexity index is 911. The van der Waals surface area contributed by atoms with Gasteiger partial charge in [0.05, 0.1) is 6.20 Å². The van der Waals surface area contributed by atoms with Gasteiger partial charge in [-0.05, 0) is 31.2 Å². The third-order valence-corrected chi connectivity index (χ3v) is 4.44. The number of thiazole rings is 1. The molecule has 0 saturated carbocycles. The molecule has 0 saturated heterocycles. The third-order valence-electron chi connectivity index (χ3n) is 3.30. The zero-order valence-electron chi connectivity index (χ0n) is 12.7. The second-order valence-electron chi connectivity index (χ2n) is 5.01. The van der Waals surface area contributed by atoms with Crippen LogP contribution in [0.2, 0.25) is 5.02 Å². The van der Waals surface area contributed by atoms with Crippen molar-refractivity contribution in [2.24, 2.45) is 0 Å². The highest BCUT2D eigenvalue weighted by atomic mass is 35.5. The number of nitrogens with zero attached hydrogens (tertiary/aromatic N) is 2. The molecule has 0 bridgehead atoms. The van der Waals surface area contributed by atoms with E-state index in [1.165, 1.54) is 4.57 Å². The minimum Gasteiger partial charge on any atom is -0.454 e. The Hall–Kier alpha value is -2.38. The fourth-order valence-corrected chi connectivity index (χ4v) is 2.90. The van der Waals surface area contributed by atoms with Gasteiger partial charge in [0.15, 0.2) is 12.4 Å². The molecule has 0 aliphatic heterocycles. The Morgan fingerprint density at radius 3 is 2.79 bits per heavy atom. The lowest BCUT2D eigenvalue weighted by molar-refractivity contribution is -0.146. The van der Waals surface area contributed by atoms with Crippen LogP contribution in [-0.4, -0.2) is 15.5 Å². The van der Waals surface area contributed by atoms with Crippen molar-refractivity contribution in [3.05, 3.63) is 62.1 Å². The summed E-state index contributed by atoms with van der Waals surface area (Å²) in [4.78, 5) is 27.3. The largest absolute Gasteiger partial charge is 0.454 e. The SMILES string of the molecule is Cc1csc(=O)n1CC(=O)OCc1ncc(-c2ccc(Cl)cc2)o1. The van der Waals surface area contributed by atoms with Crippen LogP contribution in [0.15, 0.2) is 45.1 Å². The average Bonchev–Trinajstić information content (AvgIpc) is 3.16. The van der Waals surface area contributed by atoms with E-state index in [1.54, 1.807) is 30.6 Å². The molecule has 6 nitrogen and oxygen atoms in total. The van der Waals surface area contributed by atoms with Crippen LogP contribution in [0.25, 0.3) is 11.3 Å². The van der Waals surface area contributed by atoms with Crippen molar-refractivity contribution in [3.8, 4) is 11.3 Å². The number of benzene rings is 1. The molecule has 2 heterocycles. The maximum absolute atomic E-state index is 11.8. The van der Waals surface area contributed by atoms with E-state index >= 15 is 0 Å². The van der Waals surface area contributed by atoms with E-state index < -0.39 is 5.97 Å². The lowest BCUT2D eigenvalue weighted by Gasteiger charge is -2.04. The van der Waals surface area contributed by atoms with Gasteiger partial charge < -0.3 is 9.15 Å². The fourth-order valence-electron chi connectivity index (χ4n) is 2.04. The van der Waals surface area contributed by atoms with Crippen molar-refractivity contribution >= 4 is 28.9 Å². The molecule has 8 heteroatoms. The van der Waals surface area contributed by atoms with Crippen LogP contribution in [-0.2, 0) is 22.7 Å². The highest BCUT2D eigenvalue weighted by Crippen LogP contribution is 2.22. The van der Waals surface area contributed by atoms with Gasteiger partial charge in [0.25, 0.3) is 0 Å². The first-order valence-electron chi connectivity index (χ1n) is 7.04. The summed E-state index contributed by atoms with van der Waals surface area (Å²) in [5, 5.41) is 2.33. The number of aromatic nitrogens is 2. The first-order chi connectivity index (χ1) is 11.5. The van der Waals surface area contributed by atoms with Crippen molar-refractivity contribution in [1.29, 1.82) is 0 Å². The lowest BCUT2D eigenvalue weighted by atomic mass is 10.2. The summed E-state index contributed by atoms with van der Waals surface area (Å²) in [7, 11) is 0. The summed E-state index contributed by atoms with van der Waals surface area (Å²) in [5.41, 5.74) is 1.55. The second-order valence-corrected chi connectivity index (χ2v) is 6.27.